The van der Waals surface area contributed by atoms with E-state index in [0.717, 1.165) is 6.08 Å². The summed E-state index contributed by atoms with van der Waals surface area (Å²) in [7, 11) is 0. The number of non-ortho nitro benzene ring substituents is 1. The van der Waals surface area contributed by atoms with Crippen LogP contribution in [0.25, 0.3) is 6.08 Å². The van der Waals surface area contributed by atoms with Gasteiger partial charge in [-0.3, -0.25) is 14.9 Å². The van der Waals surface area contributed by atoms with Crippen LogP contribution in [-0.4, -0.2) is 16.9 Å². The fourth-order valence-electron chi connectivity index (χ4n) is 1.11. The molecule has 0 heterocycles. The van der Waals surface area contributed by atoms with Crippen molar-refractivity contribution in [3.63, 3.8) is 0 Å². The van der Waals surface area contributed by atoms with Crippen molar-refractivity contribution in [2.24, 2.45) is 0 Å². The molecule has 0 aliphatic heterocycles. The lowest BCUT2D eigenvalue weighted by Gasteiger charge is -1.98. The Morgan fingerprint density at radius 3 is 2.21 bits per heavy atom. The minimum atomic E-state index is -4.88. The second kappa shape index (κ2) is 5.94. The van der Waals surface area contributed by atoms with Gasteiger partial charge < -0.3 is 0 Å². The Bertz CT molecular complexity index is 530. The number of nitro groups is 1. The van der Waals surface area contributed by atoms with Crippen molar-refractivity contribution in [3.8, 4) is 0 Å². The number of nitro benzene ring substituents is 1. The largest absolute Gasteiger partial charge is 0.454 e. The summed E-state index contributed by atoms with van der Waals surface area (Å²) < 4.78 is 35.5. The maximum atomic E-state index is 11.8. The van der Waals surface area contributed by atoms with E-state index in [9.17, 15) is 28.1 Å². The molecule has 7 heteroatoms. The smallest absolute Gasteiger partial charge is 0.285 e. The summed E-state index contributed by atoms with van der Waals surface area (Å²) in [5, 5.41) is 10.4. The van der Waals surface area contributed by atoms with Crippen molar-refractivity contribution in [3.05, 3.63) is 58.2 Å². The number of carbonyl (C=O) groups excluding carboxylic acids is 1. The Hall–Kier alpha value is -2.44. The van der Waals surface area contributed by atoms with Gasteiger partial charge in [0.1, 0.15) is 0 Å². The maximum absolute atomic E-state index is 11.8. The van der Waals surface area contributed by atoms with Gasteiger partial charge in [-0.25, -0.2) is 0 Å². The summed E-state index contributed by atoms with van der Waals surface area (Å²) in [5.41, 5.74) is 0.481. The lowest BCUT2D eigenvalue weighted by molar-refractivity contribution is -0.384. The predicted molar refractivity (Wildman–Crippen MR) is 62.3 cm³/mol. The molecule has 0 unspecified atom stereocenters. The summed E-state index contributed by atoms with van der Waals surface area (Å²) in [4.78, 5) is 20.3. The monoisotopic (exact) mass is 271 g/mol. The standard InChI is InChI=1S/C12H8F3NO3/c13-12(14,15)11(17)4-2-1-3-9-5-7-10(8-6-9)16(18)19/h1-8H/b3-1+,4-2+. The summed E-state index contributed by atoms with van der Waals surface area (Å²) >= 11 is 0. The number of nitrogens with zero attached hydrogens (tertiary/aromatic N) is 1. The first kappa shape index (κ1) is 14.6. The van der Waals surface area contributed by atoms with Crippen LogP contribution in [0.15, 0.2) is 42.5 Å². The second-order valence-electron chi connectivity index (χ2n) is 3.43. The number of halogens is 3. The number of hydrogen-bond acceptors (Lipinski definition) is 3. The SMILES string of the molecule is O=C(/C=C/C=C/c1ccc([N+](=O)[O-])cc1)C(F)(F)F. The molecule has 1 rings (SSSR count). The lowest BCUT2D eigenvalue weighted by Crippen LogP contribution is -2.19. The molecule has 0 saturated heterocycles. The lowest BCUT2D eigenvalue weighted by atomic mass is 10.2. The van der Waals surface area contributed by atoms with Crippen molar-refractivity contribution in [1.29, 1.82) is 0 Å². The van der Waals surface area contributed by atoms with Gasteiger partial charge in [-0.15, -0.1) is 0 Å². The van der Waals surface area contributed by atoms with Gasteiger partial charge in [-0.05, 0) is 23.8 Å². The topological polar surface area (TPSA) is 60.2 Å². The highest BCUT2D eigenvalue weighted by Crippen LogP contribution is 2.16. The molecule has 19 heavy (non-hydrogen) atoms. The number of allylic oxidation sites excluding steroid dienone is 3. The van der Waals surface area contributed by atoms with Crippen molar-refractivity contribution >= 4 is 17.5 Å². The fourth-order valence-corrected chi connectivity index (χ4v) is 1.11. The van der Waals surface area contributed by atoms with Crippen LogP contribution in [0.1, 0.15) is 5.56 Å². The van der Waals surface area contributed by atoms with E-state index in [1.807, 2.05) is 0 Å². The average molecular weight is 271 g/mol. The van der Waals surface area contributed by atoms with Crippen LogP contribution in [0.4, 0.5) is 18.9 Å². The highest BCUT2D eigenvalue weighted by Gasteiger charge is 2.35. The third-order valence-corrected chi connectivity index (χ3v) is 2.03. The quantitative estimate of drug-likeness (QED) is 0.365. The third kappa shape index (κ3) is 4.74. The normalized spacial score (nSPS) is 12.2. The van der Waals surface area contributed by atoms with Crippen molar-refractivity contribution < 1.29 is 22.9 Å². The molecular weight excluding hydrogens is 263 g/mol. The number of benzene rings is 1. The molecule has 0 radical (unpaired) electrons. The molecule has 0 N–H and O–H groups in total. The van der Waals surface area contributed by atoms with Crippen LogP contribution in [-0.2, 0) is 4.79 Å². The summed E-state index contributed by atoms with van der Waals surface area (Å²) in [5.74, 6) is -1.94. The molecule has 1 aromatic carbocycles. The first-order valence-corrected chi connectivity index (χ1v) is 5.01. The van der Waals surface area contributed by atoms with Crippen LogP contribution < -0.4 is 0 Å². The van der Waals surface area contributed by atoms with E-state index in [1.165, 1.54) is 36.4 Å². The minimum Gasteiger partial charge on any atom is -0.285 e. The maximum Gasteiger partial charge on any atom is 0.454 e. The van der Waals surface area contributed by atoms with Gasteiger partial charge in [-0.1, -0.05) is 18.2 Å². The predicted octanol–water partition coefficient (Wildman–Crippen LogP) is 3.30. The Kier molecular flexibility index (Phi) is 4.57. The molecule has 1 aromatic rings. The Labute approximate surface area is 106 Å². The third-order valence-electron chi connectivity index (χ3n) is 2.03. The molecule has 100 valence electrons. The zero-order valence-electron chi connectivity index (χ0n) is 9.42. The molecule has 0 bridgehead atoms. The Morgan fingerprint density at radius 2 is 1.74 bits per heavy atom. The molecule has 0 aliphatic rings. The van der Waals surface area contributed by atoms with Crippen molar-refractivity contribution in [2.75, 3.05) is 0 Å². The highest BCUT2D eigenvalue weighted by molar-refractivity contribution is 5.94. The van der Waals surface area contributed by atoms with Crippen LogP contribution in [0.5, 0.6) is 0 Å². The second-order valence-corrected chi connectivity index (χ2v) is 3.43. The summed E-state index contributed by atoms with van der Waals surface area (Å²) in [6.45, 7) is 0. The van der Waals surface area contributed by atoms with Crippen LogP contribution in [0.2, 0.25) is 0 Å². The summed E-state index contributed by atoms with van der Waals surface area (Å²) in [6.07, 6.45) is -0.856. The van der Waals surface area contributed by atoms with E-state index >= 15 is 0 Å². The molecule has 0 aliphatic carbocycles. The van der Waals surface area contributed by atoms with E-state index in [4.69, 9.17) is 0 Å². The highest BCUT2D eigenvalue weighted by atomic mass is 19.4. The van der Waals surface area contributed by atoms with Crippen molar-refractivity contribution in [1.82, 2.24) is 0 Å². The van der Waals surface area contributed by atoms with E-state index in [1.54, 1.807) is 0 Å². The van der Waals surface area contributed by atoms with E-state index in [0.29, 0.717) is 11.6 Å². The number of alkyl halides is 3. The van der Waals surface area contributed by atoms with Gasteiger partial charge in [0, 0.05) is 12.1 Å². The summed E-state index contributed by atoms with van der Waals surface area (Å²) in [6, 6.07) is 5.41. The molecule has 0 atom stereocenters. The number of ketones is 1. The molecule has 4 nitrogen and oxygen atoms in total. The van der Waals surface area contributed by atoms with Gasteiger partial charge in [0.2, 0.25) is 0 Å². The Morgan fingerprint density at radius 1 is 1.16 bits per heavy atom. The number of hydrogen-bond donors (Lipinski definition) is 0. The molecule has 0 spiro atoms. The van der Waals surface area contributed by atoms with Gasteiger partial charge in [0.15, 0.2) is 0 Å². The minimum absolute atomic E-state index is 0.0834. The molecule has 0 aromatic heterocycles. The Balaban J connectivity index is 2.65. The zero-order chi connectivity index (χ0) is 14.5. The first-order chi connectivity index (χ1) is 8.80. The molecular formula is C12H8F3NO3. The molecule has 0 fully saturated rings. The van der Waals surface area contributed by atoms with Crippen LogP contribution in [0, 0.1) is 10.1 Å². The van der Waals surface area contributed by atoms with Crippen LogP contribution >= 0.6 is 0 Å². The van der Waals surface area contributed by atoms with Crippen LogP contribution in [0.3, 0.4) is 0 Å². The number of rotatable bonds is 4. The zero-order valence-corrected chi connectivity index (χ0v) is 9.42. The first-order valence-electron chi connectivity index (χ1n) is 5.01. The fraction of sp³-hybridized carbons (Fsp3) is 0.0833. The van der Waals surface area contributed by atoms with Gasteiger partial charge in [0.05, 0.1) is 4.92 Å². The van der Waals surface area contributed by atoms with Gasteiger partial charge >= 0.3 is 6.18 Å². The van der Waals surface area contributed by atoms with Crippen molar-refractivity contribution in [2.45, 2.75) is 6.18 Å². The number of carbonyl (C=O) groups is 1. The average Bonchev–Trinajstić information content (AvgIpc) is 2.33. The molecule has 0 amide bonds. The van der Waals surface area contributed by atoms with E-state index in [-0.39, 0.29) is 5.69 Å². The van der Waals surface area contributed by atoms with Gasteiger partial charge in [0.25, 0.3) is 11.5 Å². The van der Waals surface area contributed by atoms with E-state index < -0.39 is 16.9 Å². The van der Waals surface area contributed by atoms with Gasteiger partial charge in [-0.2, -0.15) is 13.2 Å². The molecule has 0 saturated carbocycles. The van der Waals surface area contributed by atoms with E-state index in [2.05, 4.69) is 0 Å².